The lowest BCUT2D eigenvalue weighted by atomic mass is 9.94. The van der Waals surface area contributed by atoms with Crippen molar-refractivity contribution < 1.29 is 18.3 Å². The Morgan fingerprint density at radius 1 is 1.20 bits per heavy atom. The van der Waals surface area contributed by atoms with Gasteiger partial charge in [0.05, 0.1) is 12.1 Å². The Labute approximate surface area is 115 Å². The van der Waals surface area contributed by atoms with Crippen LogP contribution in [0.1, 0.15) is 32.4 Å². The van der Waals surface area contributed by atoms with Crippen LogP contribution in [0.4, 0.5) is 24.9 Å². The number of rotatable bonds is 6. The number of halogens is 3. The van der Waals surface area contributed by atoms with E-state index in [9.17, 15) is 18.3 Å². The summed E-state index contributed by atoms with van der Waals surface area (Å²) in [5.74, 6) is -0.0872. The number of nitrogens with one attached hydrogen (secondary N) is 2. The van der Waals surface area contributed by atoms with Crippen molar-refractivity contribution >= 4 is 11.8 Å². The first-order valence-electron chi connectivity index (χ1n) is 6.33. The maximum absolute atomic E-state index is 12.8. The van der Waals surface area contributed by atoms with Crippen LogP contribution in [-0.2, 0) is 6.18 Å². The molecule has 0 spiro atoms. The maximum Gasteiger partial charge on any atom is 0.433 e. The molecule has 0 amide bonds. The second-order valence-electron chi connectivity index (χ2n) is 4.48. The highest BCUT2D eigenvalue weighted by Crippen LogP contribution is 2.31. The third-order valence-corrected chi connectivity index (χ3v) is 3.29. The Morgan fingerprint density at radius 3 is 2.20 bits per heavy atom. The Kier molecular flexibility index (Phi) is 5.15. The van der Waals surface area contributed by atoms with Crippen LogP contribution < -0.4 is 10.6 Å². The molecule has 1 aromatic heterocycles. The van der Waals surface area contributed by atoms with E-state index < -0.39 is 17.4 Å². The third-order valence-electron chi connectivity index (χ3n) is 3.29. The molecule has 8 heteroatoms. The lowest BCUT2D eigenvalue weighted by Crippen LogP contribution is -2.41. The number of hydrogen-bond donors (Lipinski definition) is 3. The Morgan fingerprint density at radius 2 is 1.80 bits per heavy atom. The highest BCUT2D eigenvalue weighted by atomic mass is 19.4. The Bertz CT molecular complexity index is 439. The largest absolute Gasteiger partial charge is 0.433 e. The lowest BCUT2D eigenvalue weighted by Gasteiger charge is -2.31. The average molecular weight is 292 g/mol. The second-order valence-corrected chi connectivity index (χ2v) is 4.48. The van der Waals surface area contributed by atoms with Gasteiger partial charge >= 0.3 is 6.18 Å². The summed E-state index contributed by atoms with van der Waals surface area (Å²) in [6.45, 7) is 3.50. The fourth-order valence-electron chi connectivity index (χ4n) is 1.73. The Balaban J connectivity index is 3.18. The van der Waals surface area contributed by atoms with E-state index in [-0.39, 0.29) is 18.4 Å². The van der Waals surface area contributed by atoms with Gasteiger partial charge in [0.2, 0.25) is 5.95 Å². The third kappa shape index (κ3) is 3.72. The standard InChI is InChI=1S/C12H19F3N4O/c1-4-11(5-2,7-20)19-9-6-8(12(13,14)15)17-10(16-3)18-9/h6,20H,4-5,7H2,1-3H3,(H2,16,17,18,19). The van der Waals surface area contributed by atoms with E-state index in [1.165, 1.54) is 7.05 Å². The van der Waals surface area contributed by atoms with Gasteiger partial charge in [-0.15, -0.1) is 0 Å². The second kappa shape index (κ2) is 6.25. The molecule has 0 radical (unpaired) electrons. The maximum atomic E-state index is 12.8. The molecule has 0 aliphatic carbocycles. The number of aliphatic hydroxyl groups excluding tert-OH is 1. The van der Waals surface area contributed by atoms with Crippen molar-refractivity contribution in [2.75, 3.05) is 24.3 Å². The molecule has 0 aliphatic heterocycles. The summed E-state index contributed by atoms with van der Waals surface area (Å²) in [5.41, 5.74) is -1.72. The van der Waals surface area contributed by atoms with Gasteiger partial charge in [0.1, 0.15) is 5.82 Å². The molecule has 0 atom stereocenters. The molecule has 0 aliphatic rings. The number of nitrogens with zero attached hydrogens (tertiary/aromatic N) is 2. The molecule has 1 rings (SSSR count). The summed E-state index contributed by atoms with van der Waals surface area (Å²) in [6, 6.07) is 0.844. The van der Waals surface area contributed by atoms with E-state index in [1.807, 2.05) is 13.8 Å². The molecule has 1 aromatic rings. The van der Waals surface area contributed by atoms with Crippen LogP contribution in [0.2, 0.25) is 0 Å². The molecule has 0 saturated heterocycles. The van der Waals surface area contributed by atoms with E-state index in [0.29, 0.717) is 12.8 Å². The molecule has 0 aromatic carbocycles. The van der Waals surface area contributed by atoms with Gasteiger partial charge in [-0.1, -0.05) is 13.8 Å². The molecular weight excluding hydrogens is 273 g/mol. The van der Waals surface area contributed by atoms with Crippen molar-refractivity contribution in [3.05, 3.63) is 11.8 Å². The predicted molar refractivity (Wildman–Crippen MR) is 70.6 cm³/mol. The monoisotopic (exact) mass is 292 g/mol. The minimum absolute atomic E-state index is 0.0365. The lowest BCUT2D eigenvalue weighted by molar-refractivity contribution is -0.141. The molecule has 20 heavy (non-hydrogen) atoms. The highest BCUT2D eigenvalue weighted by molar-refractivity contribution is 5.45. The van der Waals surface area contributed by atoms with Crippen molar-refractivity contribution in [2.45, 2.75) is 38.4 Å². The van der Waals surface area contributed by atoms with E-state index in [2.05, 4.69) is 20.6 Å². The van der Waals surface area contributed by atoms with Gasteiger partial charge in [0.25, 0.3) is 0 Å². The first-order valence-corrected chi connectivity index (χ1v) is 6.33. The summed E-state index contributed by atoms with van der Waals surface area (Å²) in [5, 5.41) is 14.8. The van der Waals surface area contributed by atoms with E-state index in [4.69, 9.17) is 0 Å². The molecule has 0 unspecified atom stereocenters. The zero-order valence-electron chi connectivity index (χ0n) is 11.7. The minimum Gasteiger partial charge on any atom is -0.394 e. The smallest absolute Gasteiger partial charge is 0.394 e. The number of alkyl halides is 3. The van der Waals surface area contributed by atoms with E-state index >= 15 is 0 Å². The normalized spacial score (nSPS) is 12.3. The molecular formula is C12H19F3N4O. The van der Waals surface area contributed by atoms with Crippen LogP contribution in [-0.4, -0.2) is 34.3 Å². The van der Waals surface area contributed by atoms with Crippen molar-refractivity contribution in [3.8, 4) is 0 Å². The van der Waals surface area contributed by atoms with E-state index in [1.54, 1.807) is 0 Å². The number of hydrogen-bond acceptors (Lipinski definition) is 5. The van der Waals surface area contributed by atoms with Gasteiger partial charge in [-0.05, 0) is 12.8 Å². The number of anilines is 2. The number of aliphatic hydroxyl groups is 1. The van der Waals surface area contributed by atoms with Crippen LogP contribution in [0.15, 0.2) is 6.07 Å². The molecule has 0 saturated carbocycles. The summed E-state index contributed by atoms with van der Waals surface area (Å²) >= 11 is 0. The first kappa shape index (κ1) is 16.5. The molecule has 0 bridgehead atoms. The van der Waals surface area contributed by atoms with Crippen LogP contribution in [0.5, 0.6) is 0 Å². The highest BCUT2D eigenvalue weighted by Gasteiger charge is 2.34. The molecule has 3 N–H and O–H groups in total. The zero-order chi connectivity index (χ0) is 15.4. The average Bonchev–Trinajstić information content (AvgIpc) is 2.43. The Hall–Kier alpha value is -1.57. The molecule has 1 heterocycles. The summed E-state index contributed by atoms with van der Waals surface area (Å²) in [6.07, 6.45) is -3.44. The summed E-state index contributed by atoms with van der Waals surface area (Å²) < 4.78 is 38.3. The van der Waals surface area contributed by atoms with Crippen molar-refractivity contribution in [3.63, 3.8) is 0 Å². The molecule has 114 valence electrons. The van der Waals surface area contributed by atoms with Gasteiger partial charge in [-0.25, -0.2) is 4.98 Å². The minimum atomic E-state index is -4.55. The van der Waals surface area contributed by atoms with Gasteiger partial charge in [0.15, 0.2) is 5.69 Å². The first-order chi connectivity index (χ1) is 9.30. The van der Waals surface area contributed by atoms with Crippen molar-refractivity contribution in [1.29, 1.82) is 0 Å². The van der Waals surface area contributed by atoms with Crippen LogP contribution in [0, 0.1) is 0 Å². The fourth-order valence-corrected chi connectivity index (χ4v) is 1.73. The fraction of sp³-hybridized carbons (Fsp3) is 0.667. The topological polar surface area (TPSA) is 70.1 Å². The van der Waals surface area contributed by atoms with Crippen molar-refractivity contribution in [2.24, 2.45) is 0 Å². The molecule has 5 nitrogen and oxygen atoms in total. The molecule has 0 fully saturated rings. The van der Waals surface area contributed by atoms with Gasteiger partial charge in [-0.3, -0.25) is 0 Å². The van der Waals surface area contributed by atoms with Gasteiger partial charge in [-0.2, -0.15) is 18.2 Å². The van der Waals surface area contributed by atoms with Crippen LogP contribution in [0.3, 0.4) is 0 Å². The SMILES string of the molecule is CCC(CC)(CO)Nc1cc(C(F)(F)F)nc(NC)n1. The van der Waals surface area contributed by atoms with Gasteiger partial charge < -0.3 is 15.7 Å². The van der Waals surface area contributed by atoms with Crippen LogP contribution >= 0.6 is 0 Å². The summed E-state index contributed by atoms with van der Waals surface area (Å²) in [7, 11) is 1.44. The zero-order valence-corrected chi connectivity index (χ0v) is 11.7. The van der Waals surface area contributed by atoms with Crippen LogP contribution in [0.25, 0.3) is 0 Å². The van der Waals surface area contributed by atoms with Crippen molar-refractivity contribution in [1.82, 2.24) is 9.97 Å². The van der Waals surface area contributed by atoms with Gasteiger partial charge in [0, 0.05) is 13.1 Å². The van der Waals surface area contributed by atoms with E-state index in [0.717, 1.165) is 6.07 Å². The summed E-state index contributed by atoms with van der Waals surface area (Å²) in [4.78, 5) is 7.33. The number of aromatic nitrogens is 2. The predicted octanol–water partition coefficient (Wildman–Crippen LogP) is 2.50. The quantitative estimate of drug-likeness (QED) is 0.751.